The Balaban J connectivity index is 1.58. The van der Waals surface area contributed by atoms with E-state index in [2.05, 4.69) is 48.1 Å². The highest BCUT2D eigenvalue weighted by Crippen LogP contribution is 2.77. The number of carboxylic acids is 1. The summed E-state index contributed by atoms with van der Waals surface area (Å²) in [6.45, 7) is 18.3. The molecule has 0 aromatic rings. The number of ether oxygens (including phenoxy) is 1. The molecule has 0 unspecified atom stereocenters. The second kappa shape index (κ2) is 7.68. The Kier molecular flexibility index (Phi) is 5.59. The van der Waals surface area contributed by atoms with Gasteiger partial charge in [-0.2, -0.15) is 0 Å². The molecule has 0 radical (unpaired) electrons. The zero-order valence-corrected chi connectivity index (χ0v) is 23.2. The Hall–Kier alpha value is -1.16. The van der Waals surface area contributed by atoms with E-state index in [-0.39, 0.29) is 39.5 Å². The number of allylic oxidation sites excluding steroid dienone is 1. The molecule has 0 amide bonds. The first-order valence-electron chi connectivity index (χ1n) is 14.2. The smallest absolute Gasteiger partial charge is 0.309 e. The summed E-state index contributed by atoms with van der Waals surface area (Å²) in [7, 11) is 1.70. The van der Waals surface area contributed by atoms with Gasteiger partial charge in [0.1, 0.15) is 6.10 Å². The average Bonchev–Trinajstić information content (AvgIpc) is 3.18. The van der Waals surface area contributed by atoms with Crippen molar-refractivity contribution in [2.75, 3.05) is 7.11 Å². The van der Waals surface area contributed by atoms with Crippen molar-refractivity contribution >= 4 is 11.8 Å². The summed E-state index contributed by atoms with van der Waals surface area (Å²) in [5, 5.41) is 10.5. The lowest BCUT2D eigenvalue weighted by Crippen LogP contribution is -2.68. The summed E-state index contributed by atoms with van der Waals surface area (Å²) in [5.41, 5.74) is 0.555. The molecule has 35 heavy (non-hydrogen) atoms. The second-order valence-corrected chi connectivity index (χ2v) is 14.7. The molecule has 0 saturated heterocycles. The van der Waals surface area contributed by atoms with Gasteiger partial charge in [-0.1, -0.05) is 46.8 Å². The maximum absolute atomic E-state index is 13.3. The topological polar surface area (TPSA) is 63.6 Å². The zero-order chi connectivity index (χ0) is 25.8. The summed E-state index contributed by atoms with van der Waals surface area (Å²) >= 11 is 0. The van der Waals surface area contributed by atoms with E-state index in [1.807, 2.05) is 0 Å². The van der Waals surface area contributed by atoms with Crippen LogP contribution in [-0.2, 0) is 14.3 Å². The molecular formula is C31H48O4. The molecule has 5 fully saturated rings. The number of rotatable bonds is 3. The van der Waals surface area contributed by atoms with E-state index in [9.17, 15) is 14.7 Å². The first-order valence-corrected chi connectivity index (χ1v) is 14.2. The highest BCUT2D eigenvalue weighted by atomic mass is 16.5. The lowest BCUT2D eigenvalue weighted by Gasteiger charge is -2.72. The minimum absolute atomic E-state index is 0.0594. The Morgan fingerprint density at radius 1 is 0.943 bits per heavy atom. The molecular weight excluding hydrogens is 436 g/mol. The van der Waals surface area contributed by atoms with Crippen LogP contribution in [0.4, 0.5) is 0 Å². The average molecular weight is 485 g/mol. The number of carbonyl (C=O) groups is 2. The molecule has 0 aliphatic heterocycles. The fourth-order valence-electron chi connectivity index (χ4n) is 11.6. The van der Waals surface area contributed by atoms with Crippen molar-refractivity contribution in [1.29, 1.82) is 0 Å². The monoisotopic (exact) mass is 484 g/mol. The fourth-order valence-corrected chi connectivity index (χ4v) is 11.6. The molecule has 0 spiro atoms. The van der Waals surface area contributed by atoms with Gasteiger partial charge in [0, 0.05) is 12.5 Å². The van der Waals surface area contributed by atoms with Crippen LogP contribution in [0, 0.1) is 56.7 Å². The lowest BCUT2D eigenvalue weighted by atomic mass is 9.32. The van der Waals surface area contributed by atoms with E-state index in [1.165, 1.54) is 5.57 Å². The van der Waals surface area contributed by atoms with Crippen molar-refractivity contribution in [1.82, 2.24) is 0 Å². The van der Waals surface area contributed by atoms with Crippen molar-refractivity contribution in [2.24, 2.45) is 56.7 Å². The highest BCUT2D eigenvalue weighted by Gasteiger charge is 2.72. The third-order valence-electron chi connectivity index (χ3n) is 13.5. The molecule has 4 heteroatoms. The molecule has 0 aromatic carbocycles. The van der Waals surface area contributed by atoms with Gasteiger partial charge in [-0.15, -0.1) is 0 Å². The predicted molar refractivity (Wildman–Crippen MR) is 138 cm³/mol. The summed E-state index contributed by atoms with van der Waals surface area (Å²) in [6.07, 6.45) is 8.58. The van der Waals surface area contributed by atoms with E-state index in [4.69, 9.17) is 4.74 Å². The van der Waals surface area contributed by atoms with E-state index in [1.54, 1.807) is 7.11 Å². The lowest BCUT2D eigenvalue weighted by molar-refractivity contribution is -0.242. The van der Waals surface area contributed by atoms with Crippen molar-refractivity contribution in [3.8, 4) is 0 Å². The van der Waals surface area contributed by atoms with Gasteiger partial charge < -0.3 is 9.84 Å². The van der Waals surface area contributed by atoms with Gasteiger partial charge in [-0.3, -0.25) is 9.59 Å². The van der Waals surface area contributed by atoms with Crippen molar-refractivity contribution in [2.45, 2.75) is 105 Å². The van der Waals surface area contributed by atoms with E-state index < -0.39 is 11.4 Å². The van der Waals surface area contributed by atoms with Gasteiger partial charge in [-0.25, -0.2) is 0 Å². The predicted octanol–water partition coefficient (Wildman–Crippen LogP) is 6.92. The van der Waals surface area contributed by atoms with E-state index >= 15 is 0 Å². The van der Waals surface area contributed by atoms with Crippen LogP contribution < -0.4 is 0 Å². The number of ketones is 1. The Bertz CT molecular complexity index is 952. The van der Waals surface area contributed by atoms with Crippen molar-refractivity contribution in [3.05, 3.63) is 12.2 Å². The van der Waals surface area contributed by atoms with Gasteiger partial charge in [0.25, 0.3) is 0 Å². The van der Waals surface area contributed by atoms with E-state index in [0.29, 0.717) is 23.7 Å². The first kappa shape index (κ1) is 25.5. The van der Waals surface area contributed by atoms with E-state index in [0.717, 1.165) is 57.8 Å². The van der Waals surface area contributed by atoms with Crippen LogP contribution in [0.5, 0.6) is 0 Å². The van der Waals surface area contributed by atoms with Crippen LogP contribution in [-0.4, -0.2) is 30.1 Å². The second-order valence-electron chi connectivity index (χ2n) is 14.7. The maximum Gasteiger partial charge on any atom is 0.309 e. The Labute approximate surface area is 212 Å². The molecule has 5 aliphatic rings. The van der Waals surface area contributed by atoms with Crippen LogP contribution in [0.25, 0.3) is 0 Å². The SMILES string of the molecule is C=C(C)[C@@H]1CC[C@]2(C(=O)O)CC[C@]3(C)[C@H](CC[C@@H]4[C@@]5(C)C[C@H](OC)C(=O)C(C)(C)[C@@H]5CC[C@]43C)[C@@H]12. The number of methoxy groups -OCH3 is 1. The maximum atomic E-state index is 13.3. The summed E-state index contributed by atoms with van der Waals surface area (Å²) in [4.78, 5) is 26.1. The molecule has 5 rings (SSSR count). The molecule has 5 aliphatic carbocycles. The van der Waals surface area contributed by atoms with Gasteiger partial charge in [0.2, 0.25) is 0 Å². The number of hydrogen-bond acceptors (Lipinski definition) is 3. The number of hydrogen-bond donors (Lipinski definition) is 1. The molecule has 0 bridgehead atoms. The minimum atomic E-state index is -0.571. The summed E-state index contributed by atoms with van der Waals surface area (Å²) in [6, 6.07) is 0. The molecule has 0 aromatic heterocycles. The molecule has 0 heterocycles. The van der Waals surface area contributed by atoms with Gasteiger partial charge >= 0.3 is 5.97 Å². The Morgan fingerprint density at radius 3 is 2.23 bits per heavy atom. The minimum Gasteiger partial charge on any atom is -0.481 e. The number of aliphatic carboxylic acids is 1. The third-order valence-corrected chi connectivity index (χ3v) is 13.5. The summed E-state index contributed by atoms with van der Waals surface area (Å²) < 4.78 is 5.81. The van der Waals surface area contributed by atoms with Gasteiger partial charge in [0.15, 0.2) is 5.78 Å². The number of fused-ring (bicyclic) bond motifs is 7. The quantitative estimate of drug-likeness (QED) is 0.442. The molecule has 1 N–H and O–H groups in total. The fraction of sp³-hybridized carbons (Fsp3) is 0.871. The van der Waals surface area contributed by atoms with Crippen molar-refractivity contribution < 1.29 is 19.4 Å². The van der Waals surface area contributed by atoms with Crippen LogP contribution >= 0.6 is 0 Å². The van der Waals surface area contributed by atoms with Crippen molar-refractivity contribution in [3.63, 3.8) is 0 Å². The molecule has 5 saturated carbocycles. The van der Waals surface area contributed by atoms with Crippen LogP contribution in [0.15, 0.2) is 12.2 Å². The normalized spacial score (nSPS) is 52.6. The number of carboxylic acid groups (broad SMARTS) is 1. The number of Topliss-reactive ketones (excluding diaryl/α,β-unsaturated/α-hetero) is 1. The number of carbonyl (C=O) groups excluding carboxylic acids is 1. The molecule has 4 nitrogen and oxygen atoms in total. The summed E-state index contributed by atoms with van der Waals surface area (Å²) in [5.74, 6) is 1.58. The molecule has 10 atom stereocenters. The van der Waals surface area contributed by atoms with Crippen LogP contribution in [0.1, 0.15) is 99.3 Å². The van der Waals surface area contributed by atoms with Crippen LogP contribution in [0.2, 0.25) is 0 Å². The third kappa shape index (κ3) is 2.95. The first-order chi connectivity index (χ1) is 16.2. The Morgan fingerprint density at radius 2 is 1.63 bits per heavy atom. The zero-order valence-electron chi connectivity index (χ0n) is 23.2. The van der Waals surface area contributed by atoms with Gasteiger partial charge in [-0.05, 0) is 111 Å². The largest absolute Gasteiger partial charge is 0.481 e. The van der Waals surface area contributed by atoms with Crippen LogP contribution in [0.3, 0.4) is 0 Å². The highest BCUT2D eigenvalue weighted by molar-refractivity contribution is 5.89. The van der Waals surface area contributed by atoms with Gasteiger partial charge in [0.05, 0.1) is 5.41 Å². The molecule has 196 valence electrons. The standard InChI is InChI=1S/C31H48O4/c1-18(2)19-11-14-31(26(33)34)16-15-29(6)20(24(19)31)9-10-23-28(5)17-21(35-8)25(32)27(3,4)22(28)12-13-30(23,29)7/h19-24H,1,9-17H2,2-8H3,(H,33,34)/t19-,20+,21-,22-,23+,24+,28-,29+,30+,31-/m0/s1.